The highest BCUT2D eigenvalue weighted by Gasteiger charge is 2.23. The SMILES string of the molecule is CCCN(CCC)C(=O)c1cccc(C(=O)N(C)C(C)C(=O)O)c1. The number of carboxylic acid groups (broad SMARTS) is 1. The third-order valence-corrected chi connectivity index (χ3v) is 3.89. The van der Waals surface area contributed by atoms with Gasteiger partial charge in [0.05, 0.1) is 0 Å². The summed E-state index contributed by atoms with van der Waals surface area (Å²) in [6.07, 6.45) is 1.73. The molecule has 24 heavy (non-hydrogen) atoms. The first-order valence-electron chi connectivity index (χ1n) is 8.22. The molecule has 1 aromatic rings. The largest absolute Gasteiger partial charge is 0.480 e. The van der Waals surface area contributed by atoms with Gasteiger partial charge < -0.3 is 14.9 Å². The average molecular weight is 334 g/mol. The summed E-state index contributed by atoms with van der Waals surface area (Å²) in [6, 6.07) is 5.52. The average Bonchev–Trinajstić information content (AvgIpc) is 2.58. The molecule has 1 atom stereocenters. The number of benzene rings is 1. The van der Waals surface area contributed by atoms with Crippen LogP contribution in [0.2, 0.25) is 0 Å². The molecule has 6 heteroatoms. The highest BCUT2D eigenvalue weighted by molar-refractivity contribution is 6.00. The van der Waals surface area contributed by atoms with Crippen molar-refractivity contribution in [3.05, 3.63) is 35.4 Å². The summed E-state index contributed by atoms with van der Waals surface area (Å²) in [7, 11) is 1.44. The topological polar surface area (TPSA) is 77.9 Å². The fourth-order valence-electron chi connectivity index (χ4n) is 2.37. The third-order valence-electron chi connectivity index (χ3n) is 3.89. The van der Waals surface area contributed by atoms with Crippen molar-refractivity contribution < 1.29 is 19.5 Å². The maximum atomic E-state index is 12.6. The summed E-state index contributed by atoms with van der Waals surface area (Å²) in [5.74, 6) is -1.60. The predicted molar refractivity (Wildman–Crippen MR) is 92.1 cm³/mol. The van der Waals surface area contributed by atoms with Gasteiger partial charge in [-0.15, -0.1) is 0 Å². The molecule has 2 amide bonds. The van der Waals surface area contributed by atoms with E-state index in [1.54, 1.807) is 23.1 Å². The molecule has 0 spiro atoms. The number of carbonyl (C=O) groups excluding carboxylic acids is 2. The van der Waals surface area contributed by atoms with Crippen molar-refractivity contribution in [2.24, 2.45) is 0 Å². The Labute approximate surface area is 143 Å². The van der Waals surface area contributed by atoms with Crippen molar-refractivity contribution in [2.45, 2.75) is 39.7 Å². The fourth-order valence-corrected chi connectivity index (χ4v) is 2.37. The smallest absolute Gasteiger partial charge is 0.326 e. The maximum Gasteiger partial charge on any atom is 0.326 e. The second kappa shape index (κ2) is 9.05. The lowest BCUT2D eigenvalue weighted by Crippen LogP contribution is -2.40. The normalized spacial score (nSPS) is 11.7. The van der Waals surface area contributed by atoms with Crippen molar-refractivity contribution in [2.75, 3.05) is 20.1 Å². The number of carboxylic acids is 1. The molecule has 1 unspecified atom stereocenters. The molecular formula is C18H26N2O4. The van der Waals surface area contributed by atoms with Gasteiger partial charge in [-0.25, -0.2) is 4.79 Å². The molecule has 132 valence electrons. The van der Waals surface area contributed by atoms with Crippen molar-refractivity contribution >= 4 is 17.8 Å². The maximum absolute atomic E-state index is 12.6. The van der Waals surface area contributed by atoms with E-state index in [2.05, 4.69) is 0 Å². The summed E-state index contributed by atoms with van der Waals surface area (Å²) in [5.41, 5.74) is 0.753. The number of hydrogen-bond acceptors (Lipinski definition) is 3. The highest BCUT2D eigenvalue weighted by Crippen LogP contribution is 2.13. The Hall–Kier alpha value is -2.37. The number of nitrogens with zero attached hydrogens (tertiary/aromatic N) is 2. The van der Waals surface area contributed by atoms with E-state index < -0.39 is 17.9 Å². The van der Waals surface area contributed by atoms with Crippen molar-refractivity contribution in [3.8, 4) is 0 Å². The van der Waals surface area contributed by atoms with Crippen LogP contribution < -0.4 is 0 Å². The van der Waals surface area contributed by atoms with Crippen LogP contribution in [-0.2, 0) is 4.79 Å². The van der Waals surface area contributed by atoms with E-state index >= 15 is 0 Å². The van der Waals surface area contributed by atoms with Crippen LogP contribution in [0.1, 0.15) is 54.3 Å². The van der Waals surface area contributed by atoms with Crippen LogP contribution in [0.4, 0.5) is 0 Å². The lowest BCUT2D eigenvalue weighted by atomic mass is 10.1. The first kappa shape index (κ1) is 19.7. The molecule has 0 saturated heterocycles. The molecule has 0 aliphatic heterocycles. The number of likely N-dealkylation sites (N-methyl/N-ethyl adjacent to an activating group) is 1. The van der Waals surface area contributed by atoms with E-state index in [0.29, 0.717) is 24.2 Å². The van der Waals surface area contributed by atoms with Gasteiger partial charge in [-0.1, -0.05) is 19.9 Å². The van der Waals surface area contributed by atoms with Crippen LogP contribution in [0.3, 0.4) is 0 Å². The second-order valence-corrected chi connectivity index (χ2v) is 5.80. The van der Waals surface area contributed by atoms with E-state index in [9.17, 15) is 14.4 Å². The summed E-state index contributed by atoms with van der Waals surface area (Å²) in [6.45, 7) is 6.80. The molecule has 0 saturated carbocycles. The van der Waals surface area contributed by atoms with E-state index in [0.717, 1.165) is 17.7 Å². The van der Waals surface area contributed by atoms with Crippen LogP contribution in [0.15, 0.2) is 24.3 Å². The molecule has 6 nitrogen and oxygen atoms in total. The number of aliphatic carboxylic acids is 1. The molecule has 1 rings (SSSR count). The molecule has 0 bridgehead atoms. The predicted octanol–water partition coefficient (Wildman–Crippen LogP) is 2.49. The molecule has 0 fully saturated rings. The van der Waals surface area contributed by atoms with Crippen LogP contribution in [-0.4, -0.2) is 58.9 Å². The number of amides is 2. The summed E-state index contributed by atoms with van der Waals surface area (Å²) < 4.78 is 0. The van der Waals surface area contributed by atoms with Crippen molar-refractivity contribution in [1.82, 2.24) is 9.80 Å². The zero-order valence-electron chi connectivity index (χ0n) is 14.8. The third kappa shape index (κ3) is 4.81. The van der Waals surface area contributed by atoms with E-state index in [1.807, 2.05) is 13.8 Å². The summed E-state index contributed by atoms with van der Waals surface area (Å²) in [4.78, 5) is 39.0. The van der Waals surface area contributed by atoms with Gasteiger partial charge in [-0.05, 0) is 38.0 Å². The van der Waals surface area contributed by atoms with Crippen LogP contribution in [0.25, 0.3) is 0 Å². The van der Waals surface area contributed by atoms with E-state index in [1.165, 1.54) is 20.0 Å². The lowest BCUT2D eigenvalue weighted by Gasteiger charge is -2.23. The van der Waals surface area contributed by atoms with Gasteiger partial charge >= 0.3 is 5.97 Å². The van der Waals surface area contributed by atoms with Gasteiger partial charge in [0.2, 0.25) is 0 Å². The van der Waals surface area contributed by atoms with E-state index in [-0.39, 0.29) is 5.91 Å². The minimum atomic E-state index is -1.07. The van der Waals surface area contributed by atoms with Crippen LogP contribution >= 0.6 is 0 Å². The summed E-state index contributed by atoms with van der Waals surface area (Å²) >= 11 is 0. The standard InChI is InChI=1S/C18H26N2O4/c1-5-10-20(11-6-2)17(22)15-9-7-8-14(12-15)16(21)19(4)13(3)18(23)24/h7-9,12-13H,5-6,10-11H2,1-4H3,(H,23,24). The monoisotopic (exact) mass is 334 g/mol. The number of carbonyl (C=O) groups is 3. The molecule has 0 radical (unpaired) electrons. The van der Waals surface area contributed by atoms with Gasteiger partial charge in [0.25, 0.3) is 11.8 Å². The lowest BCUT2D eigenvalue weighted by molar-refractivity contribution is -0.141. The fraction of sp³-hybridized carbons (Fsp3) is 0.500. The van der Waals surface area contributed by atoms with Crippen molar-refractivity contribution in [3.63, 3.8) is 0 Å². The molecule has 1 N–H and O–H groups in total. The summed E-state index contributed by atoms with van der Waals surface area (Å²) in [5, 5.41) is 9.03. The minimum Gasteiger partial charge on any atom is -0.480 e. The molecule has 0 aliphatic carbocycles. The second-order valence-electron chi connectivity index (χ2n) is 5.80. The van der Waals surface area contributed by atoms with Gasteiger partial charge in [0.15, 0.2) is 0 Å². The van der Waals surface area contributed by atoms with Gasteiger partial charge in [-0.2, -0.15) is 0 Å². The quantitative estimate of drug-likeness (QED) is 0.792. The van der Waals surface area contributed by atoms with E-state index in [4.69, 9.17) is 5.11 Å². The Balaban J connectivity index is 3.02. The first-order valence-corrected chi connectivity index (χ1v) is 8.22. The van der Waals surface area contributed by atoms with Gasteiger partial charge in [0, 0.05) is 31.3 Å². The van der Waals surface area contributed by atoms with Crippen LogP contribution in [0.5, 0.6) is 0 Å². The molecule has 0 heterocycles. The van der Waals surface area contributed by atoms with Gasteiger partial charge in [0.1, 0.15) is 6.04 Å². The first-order chi connectivity index (χ1) is 11.3. The zero-order chi connectivity index (χ0) is 18.3. The molecule has 0 aliphatic rings. The van der Waals surface area contributed by atoms with Crippen LogP contribution in [0, 0.1) is 0 Å². The Morgan fingerprint density at radius 2 is 1.54 bits per heavy atom. The highest BCUT2D eigenvalue weighted by atomic mass is 16.4. The Morgan fingerprint density at radius 3 is 2.00 bits per heavy atom. The molecule has 0 aromatic heterocycles. The Morgan fingerprint density at radius 1 is 1.04 bits per heavy atom. The van der Waals surface area contributed by atoms with Gasteiger partial charge in [-0.3, -0.25) is 9.59 Å². The Kier molecular flexibility index (Phi) is 7.42. The molecule has 1 aromatic carbocycles. The number of rotatable bonds is 8. The number of hydrogen-bond donors (Lipinski definition) is 1. The molecular weight excluding hydrogens is 308 g/mol. The van der Waals surface area contributed by atoms with Crippen molar-refractivity contribution in [1.29, 1.82) is 0 Å². The zero-order valence-corrected chi connectivity index (χ0v) is 14.8. The Bertz CT molecular complexity index is 594. The minimum absolute atomic E-state index is 0.109.